The Labute approximate surface area is 155 Å². The molecule has 0 spiro atoms. The van der Waals surface area contributed by atoms with E-state index >= 15 is 0 Å². The second kappa shape index (κ2) is 6.26. The molecule has 3 N–H and O–H groups in total. The fourth-order valence-corrected chi connectivity index (χ4v) is 3.57. The minimum atomic E-state index is -2.93. The second-order valence-electron chi connectivity index (χ2n) is 7.05. The molecule has 0 aromatic rings. The Morgan fingerprint density at radius 1 is 1.58 bits per heavy atom. The monoisotopic (exact) mass is 386 g/mol. The molecule has 0 radical (unpaired) electrons. The van der Waals surface area contributed by atoms with Crippen molar-refractivity contribution >= 4 is 22.7 Å². The lowest BCUT2D eigenvalue weighted by molar-refractivity contribution is -0.131. The number of allylic oxidation sites excluding steroid dienone is 2. The van der Waals surface area contributed by atoms with Gasteiger partial charge in [0.1, 0.15) is 5.17 Å². The van der Waals surface area contributed by atoms with E-state index in [4.69, 9.17) is 21.7 Å². The molecule has 2 unspecified atom stereocenters. The van der Waals surface area contributed by atoms with Crippen LogP contribution in [-0.2, 0) is 9.53 Å². The summed E-state index contributed by atoms with van der Waals surface area (Å²) in [5.41, 5.74) is 6.29. The highest BCUT2D eigenvalue weighted by molar-refractivity contribution is 6.66. The first-order valence-corrected chi connectivity index (χ1v) is 8.62. The molecule has 142 valence electrons. The van der Waals surface area contributed by atoms with E-state index in [1.54, 1.807) is 30.1 Å². The van der Waals surface area contributed by atoms with E-state index in [2.05, 4.69) is 10.9 Å². The van der Waals surface area contributed by atoms with Gasteiger partial charge in [0.05, 0.1) is 23.1 Å². The van der Waals surface area contributed by atoms with Crippen molar-refractivity contribution in [3.63, 3.8) is 0 Å². The van der Waals surface area contributed by atoms with Crippen LogP contribution in [-0.4, -0.2) is 41.1 Å². The van der Waals surface area contributed by atoms with Crippen LogP contribution < -0.4 is 10.9 Å². The van der Waals surface area contributed by atoms with Gasteiger partial charge in [-0.3, -0.25) is 15.6 Å². The summed E-state index contributed by atoms with van der Waals surface area (Å²) in [6.45, 7) is 3.98. The minimum absolute atomic E-state index is 0.0379. The molecule has 2 aliphatic heterocycles. The first kappa shape index (κ1) is 18.7. The predicted octanol–water partition coefficient (Wildman–Crippen LogP) is 2.50. The standard InChI is InChI=1S/C17H21ClF2N4O2/c1-9-6-12(22-23-13(9)26-8-16(3,19)20)10(2)24-7-17(15(18)21)5-4-11(17)14(24)25/h4-6,10-11,21-23H,7-8H2,1-3H3/t10?,11?,17-/m0/s1. The van der Waals surface area contributed by atoms with Crippen LogP contribution in [0.1, 0.15) is 20.8 Å². The van der Waals surface area contributed by atoms with Gasteiger partial charge in [-0.25, -0.2) is 8.78 Å². The summed E-state index contributed by atoms with van der Waals surface area (Å²) in [6, 6.07) is -0.306. The number of carbonyl (C=O) groups is 1. The van der Waals surface area contributed by atoms with Crippen LogP contribution in [0.15, 0.2) is 35.4 Å². The number of rotatable bonds is 6. The minimum Gasteiger partial charge on any atom is -0.471 e. The summed E-state index contributed by atoms with van der Waals surface area (Å²) in [6.07, 6.45) is 5.33. The van der Waals surface area contributed by atoms with Crippen molar-refractivity contribution in [1.82, 2.24) is 15.8 Å². The van der Waals surface area contributed by atoms with Crippen molar-refractivity contribution in [3.05, 3.63) is 35.4 Å². The van der Waals surface area contributed by atoms with E-state index in [9.17, 15) is 13.6 Å². The van der Waals surface area contributed by atoms with Gasteiger partial charge in [0.25, 0.3) is 5.92 Å². The molecule has 1 aliphatic carbocycles. The Balaban J connectivity index is 1.73. The largest absolute Gasteiger partial charge is 0.471 e. The number of hydrogen-bond acceptors (Lipinski definition) is 5. The maximum absolute atomic E-state index is 12.9. The van der Waals surface area contributed by atoms with E-state index in [0.717, 1.165) is 6.92 Å². The highest BCUT2D eigenvalue weighted by Crippen LogP contribution is 2.49. The molecule has 9 heteroatoms. The maximum Gasteiger partial charge on any atom is 0.278 e. The molecule has 1 amide bonds. The second-order valence-corrected chi connectivity index (χ2v) is 7.43. The molecule has 0 saturated carbocycles. The summed E-state index contributed by atoms with van der Waals surface area (Å²) in [7, 11) is 0. The van der Waals surface area contributed by atoms with Crippen LogP contribution in [0.2, 0.25) is 0 Å². The highest BCUT2D eigenvalue weighted by Gasteiger charge is 2.57. The number of alkyl halides is 2. The van der Waals surface area contributed by atoms with E-state index in [-0.39, 0.29) is 23.0 Å². The summed E-state index contributed by atoms with van der Waals surface area (Å²) in [5.74, 6) is -3.19. The number of halogens is 3. The lowest BCUT2D eigenvalue weighted by Crippen LogP contribution is -2.46. The van der Waals surface area contributed by atoms with Crippen molar-refractivity contribution < 1.29 is 18.3 Å². The molecule has 0 bridgehead atoms. The molecule has 1 fully saturated rings. The number of amides is 1. The van der Waals surface area contributed by atoms with Crippen molar-refractivity contribution in [2.45, 2.75) is 32.7 Å². The summed E-state index contributed by atoms with van der Waals surface area (Å²) in [5, 5.41) is 7.76. The molecule has 0 aromatic heterocycles. The van der Waals surface area contributed by atoms with E-state index in [1.807, 2.05) is 6.92 Å². The van der Waals surface area contributed by atoms with Crippen LogP contribution >= 0.6 is 11.6 Å². The Hall–Kier alpha value is -2.09. The SMILES string of the molecule is CC1=C(OCC(C)(F)F)NNC(C(C)N2C[C@@]3(C(=N)Cl)C=CC3C2=O)=C1. The Morgan fingerprint density at radius 3 is 2.73 bits per heavy atom. The fraction of sp³-hybridized carbons (Fsp3) is 0.529. The smallest absolute Gasteiger partial charge is 0.278 e. The first-order chi connectivity index (χ1) is 12.0. The van der Waals surface area contributed by atoms with E-state index < -0.39 is 23.9 Å². The van der Waals surface area contributed by atoms with Gasteiger partial charge >= 0.3 is 0 Å². The lowest BCUT2D eigenvalue weighted by atomic mass is 9.70. The van der Waals surface area contributed by atoms with Gasteiger partial charge < -0.3 is 15.1 Å². The Morgan fingerprint density at radius 2 is 2.27 bits per heavy atom. The zero-order valence-electron chi connectivity index (χ0n) is 14.7. The van der Waals surface area contributed by atoms with Crippen molar-refractivity contribution in [3.8, 4) is 0 Å². The van der Waals surface area contributed by atoms with Crippen molar-refractivity contribution in [2.75, 3.05) is 13.2 Å². The average molecular weight is 387 g/mol. The summed E-state index contributed by atoms with van der Waals surface area (Å²) in [4.78, 5) is 14.3. The van der Waals surface area contributed by atoms with Gasteiger partial charge in [0.15, 0.2) is 6.61 Å². The topological polar surface area (TPSA) is 77.5 Å². The van der Waals surface area contributed by atoms with Gasteiger partial charge in [-0.05, 0) is 19.9 Å². The third-order valence-electron chi connectivity index (χ3n) is 4.97. The molecule has 26 heavy (non-hydrogen) atoms. The molecule has 1 saturated heterocycles. The Bertz CT molecular complexity index is 744. The van der Waals surface area contributed by atoms with Gasteiger partial charge in [-0.1, -0.05) is 23.8 Å². The number of hydrazine groups is 1. The quantitative estimate of drug-likeness (QED) is 0.484. The van der Waals surface area contributed by atoms with Gasteiger partial charge in [-0.15, -0.1) is 0 Å². The highest BCUT2D eigenvalue weighted by atomic mass is 35.5. The van der Waals surface area contributed by atoms with Crippen molar-refractivity contribution in [1.29, 1.82) is 5.41 Å². The molecule has 3 atom stereocenters. The van der Waals surface area contributed by atoms with Crippen molar-refractivity contribution in [2.24, 2.45) is 11.3 Å². The molecule has 0 aromatic carbocycles. The van der Waals surface area contributed by atoms with Gasteiger partial charge in [-0.2, -0.15) is 0 Å². The number of fused-ring (bicyclic) bond motifs is 1. The lowest BCUT2D eigenvalue weighted by Gasteiger charge is -2.34. The number of ether oxygens (including phenoxy) is 1. The molecule has 3 rings (SSSR count). The number of carbonyl (C=O) groups excluding carboxylic acids is 1. The molecular weight excluding hydrogens is 366 g/mol. The van der Waals surface area contributed by atoms with E-state index in [0.29, 0.717) is 17.8 Å². The summed E-state index contributed by atoms with van der Waals surface area (Å²) < 4.78 is 31.0. The molecule has 6 nitrogen and oxygen atoms in total. The number of likely N-dealkylation sites (tertiary alicyclic amines) is 1. The number of hydrogen-bond donors (Lipinski definition) is 3. The number of nitrogens with one attached hydrogen (secondary N) is 3. The van der Waals surface area contributed by atoms with Gasteiger partial charge in [0.2, 0.25) is 11.8 Å². The van der Waals surface area contributed by atoms with Crippen LogP contribution in [0.5, 0.6) is 0 Å². The first-order valence-electron chi connectivity index (χ1n) is 8.25. The zero-order chi connectivity index (χ0) is 19.3. The maximum atomic E-state index is 12.9. The average Bonchev–Trinajstić information content (AvgIpc) is 2.71. The number of nitrogens with zero attached hydrogens (tertiary/aromatic N) is 1. The normalized spacial score (nSPS) is 28.7. The third kappa shape index (κ3) is 3.06. The molecule has 3 aliphatic rings. The predicted molar refractivity (Wildman–Crippen MR) is 93.4 cm³/mol. The van der Waals surface area contributed by atoms with Crippen LogP contribution in [0.25, 0.3) is 0 Å². The van der Waals surface area contributed by atoms with Gasteiger partial charge in [0, 0.05) is 19.0 Å². The van der Waals surface area contributed by atoms with Crippen LogP contribution in [0.3, 0.4) is 0 Å². The Kier molecular flexibility index (Phi) is 4.50. The van der Waals surface area contributed by atoms with Crippen LogP contribution in [0.4, 0.5) is 8.78 Å². The summed E-state index contributed by atoms with van der Waals surface area (Å²) >= 11 is 5.93. The fourth-order valence-electron chi connectivity index (χ4n) is 3.33. The van der Waals surface area contributed by atoms with E-state index in [1.165, 1.54) is 0 Å². The van der Waals surface area contributed by atoms with Crippen LogP contribution in [0, 0.1) is 16.7 Å². The zero-order valence-corrected chi connectivity index (χ0v) is 15.5. The third-order valence-corrected chi connectivity index (χ3v) is 5.32. The molecule has 2 heterocycles. The molecular formula is C17H21ClF2N4O2.